The first-order valence-electron chi connectivity index (χ1n) is 7.34. The van der Waals surface area contributed by atoms with Crippen LogP contribution in [0.15, 0.2) is 24.3 Å². The number of rotatable bonds is 6. The predicted molar refractivity (Wildman–Crippen MR) is 82.3 cm³/mol. The lowest BCUT2D eigenvalue weighted by atomic mass is 9.97. The number of esters is 1. The third-order valence-corrected chi connectivity index (χ3v) is 3.31. The van der Waals surface area contributed by atoms with Gasteiger partial charge >= 0.3 is 5.97 Å². The topological polar surface area (TPSA) is 29.5 Å². The fourth-order valence-corrected chi connectivity index (χ4v) is 1.81. The second-order valence-corrected chi connectivity index (χ2v) is 6.10. The number of carbonyl (C=O) groups excluding carboxylic acids is 1. The van der Waals surface area contributed by atoms with Crippen LogP contribution in [0, 0.1) is 5.41 Å². The third-order valence-electron chi connectivity index (χ3n) is 3.31. The highest BCUT2D eigenvalue weighted by atomic mass is 16.5. The van der Waals surface area contributed by atoms with Gasteiger partial charge in [-0.2, -0.15) is 0 Å². The maximum Gasteiger partial charge on any atom is 0.311 e. The van der Waals surface area contributed by atoms with Crippen molar-refractivity contribution in [3.05, 3.63) is 35.4 Å². The van der Waals surface area contributed by atoms with Gasteiger partial charge in [0.1, 0.15) is 6.61 Å². The summed E-state index contributed by atoms with van der Waals surface area (Å²) in [6.45, 7) is 13.4. The zero-order valence-electron chi connectivity index (χ0n) is 13.4. The van der Waals surface area contributed by atoms with Crippen LogP contribution in [-0.4, -0.2) is 24.0 Å². The molecule has 0 atom stereocenters. The average Bonchev–Trinajstić information content (AvgIpc) is 2.42. The van der Waals surface area contributed by atoms with Crippen LogP contribution in [0.4, 0.5) is 0 Å². The molecule has 1 rings (SSSR count). The van der Waals surface area contributed by atoms with Crippen molar-refractivity contribution >= 4 is 5.97 Å². The normalized spacial score (nSPS) is 11.7. The van der Waals surface area contributed by atoms with Crippen molar-refractivity contribution in [2.75, 3.05) is 13.1 Å². The zero-order valence-corrected chi connectivity index (χ0v) is 13.4. The Kier molecular flexibility index (Phi) is 6.21. The molecule has 0 aliphatic heterocycles. The summed E-state index contributed by atoms with van der Waals surface area (Å²) in [5, 5.41) is 0. The monoisotopic (exact) mass is 277 g/mol. The van der Waals surface area contributed by atoms with E-state index in [0.717, 1.165) is 25.2 Å². The van der Waals surface area contributed by atoms with Crippen LogP contribution in [0.5, 0.6) is 0 Å². The third kappa shape index (κ3) is 5.33. The van der Waals surface area contributed by atoms with E-state index in [9.17, 15) is 4.79 Å². The molecule has 0 spiro atoms. The van der Waals surface area contributed by atoms with Crippen molar-refractivity contribution in [1.82, 2.24) is 4.90 Å². The summed E-state index contributed by atoms with van der Waals surface area (Å²) in [5.74, 6) is -0.162. The van der Waals surface area contributed by atoms with Gasteiger partial charge in [-0.05, 0) is 45.0 Å². The second-order valence-electron chi connectivity index (χ2n) is 6.10. The molecule has 0 unspecified atom stereocenters. The molecular weight excluding hydrogens is 250 g/mol. The summed E-state index contributed by atoms with van der Waals surface area (Å²) in [5.41, 5.74) is 1.88. The van der Waals surface area contributed by atoms with Gasteiger partial charge in [0, 0.05) is 6.54 Å². The molecule has 0 aliphatic carbocycles. The predicted octanol–water partition coefficient (Wildman–Crippen LogP) is 3.62. The van der Waals surface area contributed by atoms with Crippen LogP contribution in [0.25, 0.3) is 0 Å². The first kappa shape index (κ1) is 16.7. The van der Waals surface area contributed by atoms with Gasteiger partial charge in [-0.1, -0.05) is 38.1 Å². The lowest BCUT2D eigenvalue weighted by molar-refractivity contribution is -0.154. The van der Waals surface area contributed by atoms with E-state index in [1.54, 1.807) is 0 Å². The zero-order chi connectivity index (χ0) is 15.2. The molecule has 0 aliphatic rings. The summed E-state index contributed by atoms with van der Waals surface area (Å²) >= 11 is 0. The minimum absolute atomic E-state index is 0.162. The first-order valence-corrected chi connectivity index (χ1v) is 7.34. The lowest BCUT2D eigenvalue weighted by Gasteiger charge is -2.18. The summed E-state index contributed by atoms with van der Waals surface area (Å²) in [7, 11) is 0. The van der Waals surface area contributed by atoms with Crippen LogP contribution in [0.3, 0.4) is 0 Å². The number of nitrogens with zero attached hydrogens (tertiary/aromatic N) is 1. The Morgan fingerprint density at radius 3 is 2.00 bits per heavy atom. The smallest absolute Gasteiger partial charge is 0.311 e. The van der Waals surface area contributed by atoms with Gasteiger partial charge in [-0.3, -0.25) is 9.69 Å². The quantitative estimate of drug-likeness (QED) is 0.744. The average molecular weight is 277 g/mol. The molecular formula is C17H27NO2. The molecule has 0 aromatic heterocycles. The molecule has 0 heterocycles. The SMILES string of the molecule is CCN(CC)Cc1ccc(COC(=O)C(C)(C)C)cc1. The number of ether oxygens (including phenoxy) is 1. The highest BCUT2D eigenvalue weighted by Gasteiger charge is 2.22. The summed E-state index contributed by atoms with van der Waals surface area (Å²) in [6, 6.07) is 8.29. The molecule has 112 valence electrons. The van der Waals surface area contributed by atoms with Gasteiger partial charge in [0.15, 0.2) is 0 Å². The van der Waals surface area contributed by atoms with Crippen molar-refractivity contribution in [2.24, 2.45) is 5.41 Å². The maximum atomic E-state index is 11.7. The van der Waals surface area contributed by atoms with E-state index < -0.39 is 5.41 Å². The van der Waals surface area contributed by atoms with E-state index >= 15 is 0 Å². The molecule has 0 bridgehead atoms. The standard InChI is InChI=1S/C17H27NO2/c1-6-18(7-2)12-14-8-10-15(11-9-14)13-20-16(19)17(3,4)5/h8-11H,6-7,12-13H2,1-5H3. The number of hydrogen-bond donors (Lipinski definition) is 0. The van der Waals surface area contributed by atoms with Gasteiger partial charge in [0.05, 0.1) is 5.41 Å². The molecule has 0 amide bonds. The Balaban J connectivity index is 2.53. The van der Waals surface area contributed by atoms with Gasteiger partial charge < -0.3 is 4.74 Å². The number of hydrogen-bond acceptors (Lipinski definition) is 3. The van der Waals surface area contributed by atoms with E-state index in [1.807, 2.05) is 32.9 Å². The first-order chi connectivity index (χ1) is 9.36. The Hall–Kier alpha value is -1.35. The van der Waals surface area contributed by atoms with Crippen molar-refractivity contribution < 1.29 is 9.53 Å². The van der Waals surface area contributed by atoms with E-state index in [4.69, 9.17) is 4.74 Å². The maximum absolute atomic E-state index is 11.7. The van der Waals surface area contributed by atoms with Crippen molar-refractivity contribution in [3.8, 4) is 0 Å². The minimum atomic E-state index is -0.442. The van der Waals surface area contributed by atoms with Crippen molar-refractivity contribution in [1.29, 1.82) is 0 Å². The van der Waals surface area contributed by atoms with Gasteiger partial charge in [0.2, 0.25) is 0 Å². The Morgan fingerprint density at radius 2 is 1.55 bits per heavy atom. The highest BCUT2D eigenvalue weighted by molar-refractivity contribution is 5.75. The largest absolute Gasteiger partial charge is 0.460 e. The Bertz CT molecular complexity index is 414. The lowest BCUT2D eigenvalue weighted by Crippen LogP contribution is -2.23. The number of carbonyl (C=O) groups is 1. The molecule has 1 aromatic carbocycles. The molecule has 20 heavy (non-hydrogen) atoms. The molecule has 0 saturated carbocycles. The number of benzene rings is 1. The van der Waals surface area contributed by atoms with E-state index in [2.05, 4.69) is 30.9 Å². The molecule has 0 saturated heterocycles. The molecule has 0 fully saturated rings. The fraction of sp³-hybridized carbons (Fsp3) is 0.588. The molecule has 0 N–H and O–H groups in total. The van der Waals surface area contributed by atoms with E-state index in [1.165, 1.54) is 5.56 Å². The van der Waals surface area contributed by atoms with Crippen LogP contribution in [0.1, 0.15) is 45.7 Å². The second kappa shape index (κ2) is 7.44. The minimum Gasteiger partial charge on any atom is -0.460 e. The van der Waals surface area contributed by atoms with Gasteiger partial charge in [0.25, 0.3) is 0 Å². The highest BCUT2D eigenvalue weighted by Crippen LogP contribution is 2.16. The van der Waals surface area contributed by atoms with E-state index in [0.29, 0.717) is 6.61 Å². The van der Waals surface area contributed by atoms with Crippen LogP contribution < -0.4 is 0 Å². The van der Waals surface area contributed by atoms with Gasteiger partial charge in [-0.25, -0.2) is 0 Å². The van der Waals surface area contributed by atoms with Crippen LogP contribution >= 0.6 is 0 Å². The molecule has 3 nitrogen and oxygen atoms in total. The van der Waals surface area contributed by atoms with Crippen molar-refractivity contribution in [2.45, 2.75) is 47.8 Å². The van der Waals surface area contributed by atoms with E-state index in [-0.39, 0.29) is 5.97 Å². The summed E-state index contributed by atoms with van der Waals surface area (Å²) < 4.78 is 5.31. The summed E-state index contributed by atoms with van der Waals surface area (Å²) in [4.78, 5) is 14.1. The fourth-order valence-electron chi connectivity index (χ4n) is 1.81. The molecule has 3 heteroatoms. The molecule has 1 aromatic rings. The summed E-state index contributed by atoms with van der Waals surface area (Å²) in [6.07, 6.45) is 0. The Labute approximate surface area is 122 Å². The van der Waals surface area contributed by atoms with Crippen molar-refractivity contribution in [3.63, 3.8) is 0 Å². The molecule has 0 radical (unpaired) electrons. The van der Waals surface area contributed by atoms with Crippen LogP contribution in [-0.2, 0) is 22.7 Å². The van der Waals surface area contributed by atoms with Crippen LogP contribution in [0.2, 0.25) is 0 Å². The van der Waals surface area contributed by atoms with Gasteiger partial charge in [-0.15, -0.1) is 0 Å². The Morgan fingerprint density at radius 1 is 1.05 bits per heavy atom.